The summed E-state index contributed by atoms with van der Waals surface area (Å²) in [5, 5.41) is 38.2. The van der Waals surface area contributed by atoms with Gasteiger partial charge < -0.3 is 47.1 Å². The number of halogens is 1. The van der Waals surface area contributed by atoms with Crippen molar-refractivity contribution in [2.24, 2.45) is 28.9 Å². The van der Waals surface area contributed by atoms with Gasteiger partial charge in [-0.15, -0.1) is 0 Å². The number of amides is 7. The van der Waals surface area contributed by atoms with Gasteiger partial charge in [0, 0.05) is 67.9 Å². The molecule has 438 valence electrons. The van der Waals surface area contributed by atoms with E-state index in [-0.39, 0.29) is 91.8 Å². The lowest BCUT2D eigenvalue weighted by molar-refractivity contribution is -0.141. The maximum absolute atomic E-state index is 15.7. The number of aliphatic hydroxyl groups excluding tert-OH is 2. The van der Waals surface area contributed by atoms with Gasteiger partial charge in [-0.2, -0.15) is 0 Å². The number of hydrogen-bond donors (Lipinski definition) is 9. The van der Waals surface area contributed by atoms with E-state index in [9.17, 15) is 48.6 Å². The highest BCUT2D eigenvalue weighted by molar-refractivity contribution is 6.04. The fraction of sp³-hybridized carbons (Fsp3) is 0.550. The number of likely N-dealkylation sites (tertiary alicyclic amines) is 1. The highest BCUT2D eigenvalue weighted by Gasteiger charge is 2.47. The molecule has 0 spiro atoms. The number of primary amides is 1. The van der Waals surface area contributed by atoms with Crippen LogP contribution in [0.2, 0.25) is 0 Å². The lowest BCUT2D eigenvalue weighted by Gasteiger charge is -2.33. The van der Waals surface area contributed by atoms with Crippen LogP contribution in [0.3, 0.4) is 0 Å². The van der Waals surface area contributed by atoms with Crippen LogP contribution in [-0.2, 0) is 72.5 Å². The van der Waals surface area contributed by atoms with E-state index in [0.717, 1.165) is 40.5 Å². The minimum absolute atomic E-state index is 0.0536. The predicted molar refractivity (Wildman–Crippen MR) is 303 cm³/mol. The number of pyridine rings is 2. The molecule has 4 heterocycles. The highest BCUT2D eigenvalue weighted by Crippen LogP contribution is 2.45. The molecule has 10 N–H and O–H groups in total. The van der Waals surface area contributed by atoms with E-state index in [4.69, 9.17) is 10.7 Å². The van der Waals surface area contributed by atoms with E-state index in [0.29, 0.717) is 98.2 Å². The van der Waals surface area contributed by atoms with E-state index >= 15 is 4.39 Å². The Kier molecular flexibility index (Phi) is 21.4. The van der Waals surface area contributed by atoms with Gasteiger partial charge in [-0.25, -0.2) is 9.37 Å². The molecule has 7 rings (SSSR count). The normalized spacial score (nSPS) is 16.7. The van der Waals surface area contributed by atoms with Gasteiger partial charge in [-0.1, -0.05) is 64.4 Å². The number of carbonyl (C=O) groups is 7. The highest BCUT2D eigenvalue weighted by atomic mass is 19.1. The first-order valence-electron chi connectivity index (χ1n) is 28.7. The average molecular weight is 1120 g/mol. The largest absolute Gasteiger partial charge is 0.391 e. The first-order chi connectivity index (χ1) is 38.8. The summed E-state index contributed by atoms with van der Waals surface area (Å²) < 4.78 is 17.3. The number of aliphatic hydroxyl groups is 2. The van der Waals surface area contributed by atoms with Gasteiger partial charge in [0.1, 0.15) is 18.1 Å². The van der Waals surface area contributed by atoms with E-state index in [1.165, 1.54) is 11.0 Å². The van der Waals surface area contributed by atoms with Crippen LogP contribution in [0.15, 0.2) is 47.3 Å². The molecule has 0 radical (unpaired) electrons. The van der Waals surface area contributed by atoms with Gasteiger partial charge in [0.05, 0.1) is 55.6 Å². The molecule has 7 amide bonds. The minimum Gasteiger partial charge on any atom is -0.391 e. The molecule has 1 fully saturated rings. The van der Waals surface area contributed by atoms with Gasteiger partial charge in [-0.05, 0) is 116 Å². The lowest BCUT2D eigenvalue weighted by atomic mass is 9.72. The molecule has 21 heteroatoms. The van der Waals surface area contributed by atoms with Crippen LogP contribution in [0, 0.1) is 35.9 Å². The Morgan fingerprint density at radius 1 is 0.889 bits per heavy atom. The van der Waals surface area contributed by atoms with Crippen LogP contribution in [0.4, 0.5) is 4.39 Å². The molecule has 2 aromatic heterocycles. The van der Waals surface area contributed by atoms with E-state index < -0.39 is 61.4 Å². The number of nitrogens with two attached hydrogens (primary N) is 1. The Morgan fingerprint density at radius 3 is 2.33 bits per heavy atom. The number of nitrogens with one attached hydrogen (secondary N) is 6. The van der Waals surface area contributed by atoms with Crippen LogP contribution in [0.25, 0.3) is 22.3 Å². The predicted octanol–water partition coefficient (Wildman–Crippen LogP) is 3.21. The zero-order valence-electron chi connectivity index (χ0n) is 47.4. The van der Waals surface area contributed by atoms with Crippen molar-refractivity contribution in [3.8, 4) is 11.4 Å². The molecule has 1 saturated heterocycles. The van der Waals surface area contributed by atoms with Crippen molar-refractivity contribution >= 4 is 52.3 Å². The molecule has 3 aliphatic rings. The molecule has 5 atom stereocenters. The van der Waals surface area contributed by atoms with Gasteiger partial charge in [0.15, 0.2) is 0 Å². The third-order valence-electron chi connectivity index (χ3n) is 17.1. The third-order valence-corrected chi connectivity index (χ3v) is 17.1. The lowest BCUT2D eigenvalue weighted by Crippen LogP contribution is -2.53. The fourth-order valence-corrected chi connectivity index (χ4v) is 11.9. The van der Waals surface area contributed by atoms with Crippen molar-refractivity contribution in [2.45, 2.75) is 150 Å². The number of unbranched alkanes of at least 4 members (excludes halogenated alkanes) is 2. The smallest absolute Gasteiger partial charge is 0.257 e. The van der Waals surface area contributed by atoms with Gasteiger partial charge >= 0.3 is 0 Å². The number of nitrogens with zero attached hydrogens (tertiary/aromatic N) is 3. The zero-order chi connectivity index (χ0) is 58.5. The number of imide groups is 1. The Morgan fingerprint density at radius 2 is 1.63 bits per heavy atom. The molecule has 1 aliphatic carbocycles. The molecule has 4 aromatic rings. The van der Waals surface area contributed by atoms with Crippen molar-refractivity contribution < 1.29 is 48.2 Å². The number of benzene rings is 2. The Labute approximate surface area is 472 Å². The molecule has 0 bridgehead atoms. The summed E-state index contributed by atoms with van der Waals surface area (Å²) in [7, 11) is 0. The SMILES string of the molecule is CCNCc1cc2n(c(=O)c1CO)Cc1c-2nc2cc(F)c(C)c3c2c1CC(C(CCCNC(=O)CNC(=O)C(Cc1ccccc1)NC(=O)CNC(O)CNC(=O)CCCCCN1C(=O)CC(C(C)(CC)CC)C1=O)CC(N)=O)C3. The molecule has 20 nitrogen and oxygen atoms in total. The summed E-state index contributed by atoms with van der Waals surface area (Å²) in [6.07, 6.45) is 4.52. The van der Waals surface area contributed by atoms with Gasteiger partial charge in [0.2, 0.25) is 41.4 Å². The first-order valence-corrected chi connectivity index (χ1v) is 28.7. The maximum Gasteiger partial charge on any atom is 0.257 e. The zero-order valence-corrected chi connectivity index (χ0v) is 47.4. The summed E-state index contributed by atoms with van der Waals surface area (Å²) in [5.74, 6) is -3.91. The standard InChI is InChI=1S/C60H81FN10O10/c1-6-60(5,7-2)44-27-54(78)70(59(44)81)21-14-10-13-19-50(74)65-30-52(76)66-32-53(77)68-47(22-36-16-11-9-12-17-36)57(79)67-31-51(75)64-20-15-18-37(26-49(62)73)38-23-40-35(4)45(61)28-46-55(40)41(24-38)42-33-71-48(56(42)69-46)25-39(29-63-8-3)43(34-72)58(71)80/h9,11-12,16-17,25,28,37-38,44,47,52,63,66,72,76H,6-8,10,13-15,18-24,26-27,29-34H2,1-5H3,(H2,62,73)(H,64,75)(H,65,74)(H,67,79)(H,68,77). The molecular weight excluding hydrogens is 1040 g/mol. The van der Waals surface area contributed by atoms with E-state index in [1.807, 2.05) is 32.9 Å². The van der Waals surface area contributed by atoms with Gasteiger partial charge in [0.25, 0.3) is 5.56 Å². The first kappa shape index (κ1) is 61.7. The summed E-state index contributed by atoms with van der Waals surface area (Å²) in [6.45, 7) is 10.2. The van der Waals surface area contributed by atoms with Gasteiger partial charge in [-0.3, -0.25) is 48.6 Å². The average Bonchev–Trinajstić information content (AvgIpc) is 4.18. The van der Waals surface area contributed by atoms with Crippen molar-refractivity contribution in [3.63, 3.8) is 0 Å². The van der Waals surface area contributed by atoms with Crippen LogP contribution in [-0.4, -0.2) is 118 Å². The number of hydrogen-bond acceptors (Lipinski definition) is 13. The summed E-state index contributed by atoms with van der Waals surface area (Å²) in [5.41, 5.74) is 11.8. The van der Waals surface area contributed by atoms with Crippen molar-refractivity contribution in [1.82, 2.24) is 46.4 Å². The second kappa shape index (κ2) is 28.2. The monoisotopic (exact) mass is 1120 g/mol. The third kappa shape index (κ3) is 15.0. The van der Waals surface area contributed by atoms with Crippen molar-refractivity contribution in [2.75, 3.05) is 39.3 Å². The molecule has 2 aromatic carbocycles. The Bertz CT molecular complexity index is 3040. The molecule has 81 heavy (non-hydrogen) atoms. The topological polar surface area (TPSA) is 296 Å². The van der Waals surface area contributed by atoms with Crippen LogP contribution >= 0.6 is 0 Å². The number of aromatic nitrogens is 2. The number of rotatable bonds is 31. The molecule has 5 unspecified atom stereocenters. The van der Waals surface area contributed by atoms with Crippen molar-refractivity contribution in [3.05, 3.63) is 97.6 Å². The fourth-order valence-electron chi connectivity index (χ4n) is 11.9. The molecule has 0 saturated carbocycles. The second-order valence-corrected chi connectivity index (χ2v) is 22.3. The minimum atomic E-state index is -1.29. The number of carbonyl (C=O) groups excluding carboxylic acids is 7. The number of fused-ring (bicyclic) bond motifs is 4. The van der Waals surface area contributed by atoms with E-state index in [2.05, 4.69) is 38.8 Å². The summed E-state index contributed by atoms with van der Waals surface area (Å²) in [4.78, 5) is 111. The Hall–Kier alpha value is -6.94. The van der Waals surface area contributed by atoms with Crippen LogP contribution in [0.1, 0.15) is 131 Å². The summed E-state index contributed by atoms with van der Waals surface area (Å²) in [6, 6.07) is 11.2. The Balaban J connectivity index is 0.871. The van der Waals surface area contributed by atoms with Crippen LogP contribution in [0.5, 0.6) is 0 Å². The second-order valence-electron chi connectivity index (χ2n) is 22.3. The molecule has 2 aliphatic heterocycles. The summed E-state index contributed by atoms with van der Waals surface area (Å²) >= 11 is 0. The van der Waals surface area contributed by atoms with Crippen molar-refractivity contribution in [1.29, 1.82) is 0 Å². The van der Waals surface area contributed by atoms with E-state index in [1.54, 1.807) is 35.8 Å². The maximum atomic E-state index is 15.7. The van der Waals surface area contributed by atoms with Crippen LogP contribution < -0.4 is 43.2 Å². The quantitative estimate of drug-likeness (QED) is 0.0175. The molecular formula is C60H81FN10O10.